The van der Waals surface area contributed by atoms with Gasteiger partial charge in [-0.15, -0.1) is 0 Å². The summed E-state index contributed by atoms with van der Waals surface area (Å²) in [5.41, 5.74) is 9.16. The molecular weight excluding hydrogens is 252 g/mol. The number of aromatic nitrogens is 2. The molecule has 0 bridgehead atoms. The fraction of sp³-hybridized carbons (Fsp3) is 0.333. The number of nitrogens with zero attached hydrogens (tertiary/aromatic N) is 2. The molecule has 0 saturated heterocycles. The van der Waals surface area contributed by atoms with Gasteiger partial charge in [0, 0.05) is 18.7 Å². The van der Waals surface area contributed by atoms with Gasteiger partial charge in [0.2, 0.25) is 5.91 Å². The van der Waals surface area contributed by atoms with E-state index in [1.807, 2.05) is 36.7 Å². The molecule has 20 heavy (non-hydrogen) atoms. The van der Waals surface area contributed by atoms with Crippen molar-refractivity contribution in [1.82, 2.24) is 9.78 Å². The Morgan fingerprint density at radius 2 is 2.10 bits per heavy atom. The van der Waals surface area contributed by atoms with Crippen LogP contribution >= 0.6 is 0 Å². The van der Waals surface area contributed by atoms with Crippen LogP contribution in [0.3, 0.4) is 0 Å². The van der Waals surface area contributed by atoms with E-state index in [2.05, 4.69) is 10.4 Å². The average Bonchev–Trinajstić information content (AvgIpc) is 2.71. The Morgan fingerprint density at radius 3 is 2.75 bits per heavy atom. The summed E-state index contributed by atoms with van der Waals surface area (Å²) in [6.45, 7) is 4.73. The summed E-state index contributed by atoms with van der Waals surface area (Å²) in [6.07, 6.45) is 1.20. The van der Waals surface area contributed by atoms with Crippen molar-refractivity contribution in [2.45, 2.75) is 33.2 Å². The van der Waals surface area contributed by atoms with Crippen LogP contribution in [-0.4, -0.2) is 15.7 Å². The predicted octanol–water partition coefficient (Wildman–Crippen LogP) is 2.50. The molecule has 2 aromatic rings. The van der Waals surface area contributed by atoms with E-state index < -0.39 is 0 Å². The molecule has 1 amide bonds. The van der Waals surface area contributed by atoms with E-state index in [9.17, 15) is 4.79 Å². The molecule has 2 rings (SSSR count). The molecular formula is C15H20N4O. The van der Waals surface area contributed by atoms with E-state index in [1.165, 1.54) is 0 Å². The molecule has 1 aromatic heterocycles. The molecule has 0 aliphatic heterocycles. The molecule has 106 valence electrons. The number of benzene rings is 1. The molecule has 5 heteroatoms. The number of nitrogen functional groups attached to an aromatic ring is 1. The van der Waals surface area contributed by atoms with Gasteiger partial charge in [0.15, 0.2) is 0 Å². The lowest BCUT2D eigenvalue weighted by Crippen LogP contribution is -2.14. The Hall–Kier alpha value is -2.30. The zero-order valence-corrected chi connectivity index (χ0v) is 11.9. The molecule has 0 unspecified atom stereocenters. The number of carbonyl (C=O) groups is 1. The van der Waals surface area contributed by atoms with Gasteiger partial charge in [-0.25, -0.2) is 0 Å². The first-order valence-electron chi connectivity index (χ1n) is 6.71. The van der Waals surface area contributed by atoms with Gasteiger partial charge in [-0.2, -0.15) is 5.10 Å². The highest BCUT2D eigenvalue weighted by Crippen LogP contribution is 2.17. The van der Waals surface area contributed by atoms with Crippen LogP contribution in [-0.2, 0) is 11.3 Å². The highest BCUT2D eigenvalue weighted by molar-refractivity contribution is 5.93. The Morgan fingerprint density at radius 1 is 1.35 bits per heavy atom. The second-order valence-corrected chi connectivity index (χ2v) is 4.89. The zero-order chi connectivity index (χ0) is 14.5. The number of hydrogen-bond acceptors (Lipinski definition) is 3. The van der Waals surface area contributed by atoms with Crippen LogP contribution in [0.15, 0.2) is 30.3 Å². The van der Waals surface area contributed by atoms with E-state index >= 15 is 0 Å². The molecule has 0 spiro atoms. The molecule has 0 aliphatic carbocycles. The Balaban J connectivity index is 1.81. The lowest BCUT2D eigenvalue weighted by atomic mass is 10.2. The third-order valence-corrected chi connectivity index (χ3v) is 3.11. The van der Waals surface area contributed by atoms with Crippen molar-refractivity contribution in [3.05, 3.63) is 41.7 Å². The third kappa shape index (κ3) is 3.60. The molecule has 0 saturated carbocycles. The van der Waals surface area contributed by atoms with Gasteiger partial charge in [-0.3, -0.25) is 9.48 Å². The number of carbonyl (C=O) groups excluding carboxylic acids is 1. The molecule has 0 radical (unpaired) electrons. The quantitative estimate of drug-likeness (QED) is 0.821. The summed E-state index contributed by atoms with van der Waals surface area (Å²) in [6, 6.07) is 9.29. The molecule has 5 nitrogen and oxygen atoms in total. The minimum atomic E-state index is -0.0237. The number of rotatable bonds is 5. The Labute approximate surface area is 118 Å². The first-order valence-corrected chi connectivity index (χ1v) is 6.71. The topological polar surface area (TPSA) is 72.9 Å². The van der Waals surface area contributed by atoms with Crippen molar-refractivity contribution in [1.29, 1.82) is 0 Å². The summed E-state index contributed by atoms with van der Waals surface area (Å²) in [5.74, 6) is -0.0237. The predicted molar refractivity (Wildman–Crippen MR) is 80.4 cm³/mol. The Kier molecular flexibility index (Phi) is 4.40. The van der Waals surface area contributed by atoms with Gasteiger partial charge >= 0.3 is 0 Å². The maximum atomic E-state index is 11.8. The number of nitrogens with two attached hydrogens (primary N) is 1. The SMILES string of the molecule is Cc1cc(C)n(CCCC(=O)Nc2ccccc2N)n1. The summed E-state index contributed by atoms with van der Waals surface area (Å²) < 4.78 is 1.93. The number of para-hydroxylation sites is 2. The first kappa shape index (κ1) is 14.1. The van der Waals surface area contributed by atoms with E-state index in [-0.39, 0.29) is 5.91 Å². The van der Waals surface area contributed by atoms with Gasteiger partial charge in [0.05, 0.1) is 17.1 Å². The Bertz CT molecular complexity index is 604. The molecule has 0 fully saturated rings. The van der Waals surface area contributed by atoms with Crippen molar-refractivity contribution in [3.8, 4) is 0 Å². The van der Waals surface area contributed by atoms with E-state index in [0.29, 0.717) is 17.8 Å². The fourth-order valence-corrected chi connectivity index (χ4v) is 2.11. The highest BCUT2D eigenvalue weighted by Gasteiger charge is 2.06. The summed E-state index contributed by atoms with van der Waals surface area (Å²) in [5, 5.41) is 7.19. The zero-order valence-electron chi connectivity index (χ0n) is 11.9. The van der Waals surface area contributed by atoms with Crippen LogP contribution < -0.4 is 11.1 Å². The van der Waals surface area contributed by atoms with Crippen LogP contribution in [0.2, 0.25) is 0 Å². The van der Waals surface area contributed by atoms with Crippen molar-refractivity contribution in [3.63, 3.8) is 0 Å². The molecule has 1 heterocycles. The monoisotopic (exact) mass is 272 g/mol. The number of nitrogens with one attached hydrogen (secondary N) is 1. The van der Waals surface area contributed by atoms with E-state index in [1.54, 1.807) is 12.1 Å². The second kappa shape index (κ2) is 6.23. The maximum Gasteiger partial charge on any atom is 0.224 e. The average molecular weight is 272 g/mol. The van der Waals surface area contributed by atoms with Crippen molar-refractivity contribution >= 4 is 17.3 Å². The number of aryl methyl sites for hydroxylation is 3. The highest BCUT2D eigenvalue weighted by atomic mass is 16.1. The standard InChI is InChI=1S/C15H20N4O/c1-11-10-12(2)19(18-11)9-5-8-15(20)17-14-7-4-3-6-13(14)16/h3-4,6-7,10H,5,8-9,16H2,1-2H3,(H,17,20). The first-order chi connectivity index (χ1) is 9.56. The largest absolute Gasteiger partial charge is 0.397 e. The number of amides is 1. The van der Waals surface area contributed by atoms with E-state index in [0.717, 1.165) is 24.4 Å². The summed E-state index contributed by atoms with van der Waals surface area (Å²) in [7, 11) is 0. The van der Waals surface area contributed by atoms with Gasteiger partial charge < -0.3 is 11.1 Å². The third-order valence-electron chi connectivity index (χ3n) is 3.11. The van der Waals surface area contributed by atoms with Crippen LogP contribution in [0.4, 0.5) is 11.4 Å². The van der Waals surface area contributed by atoms with Crippen LogP contribution in [0, 0.1) is 13.8 Å². The van der Waals surface area contributed by atoms with Crippen LogP contribution in [0.25, 0.3) is 0 Å². The molecule has 0 aliphatic rings. The number of anilines is 2. The summed E-state index contributed by atoms with van der Waals surface area (Å²) in [4.78, 5) is 11.8. The van der Waals surface area contributed by atoms with Gasteiger partial charge in [-0.1, -0.05) is 12.1 Å². The van der Waals surface area contributed by atoms with Crippen LogP contribution in [0.5, 0.6) is 0 Å². The van der Waals surface area contributed by atoms with Gasteiger partial charge in [0.1, 0.15) is 0 Å². The minimum Gasteiger partial charge on any atom is -0.397 e. The lowest BCUT2D eigenvalue weighted by molar-refractivity contribution is -0.116. The molecule has 0 atom stereocenters. The molecule has 1 aromatic carbocycles. The summed E-state index contributed by atoms with van der Waals surface area (Å²) >= 11 is 0. The normalized spacial score (nSPS) is 10.5. The second-order valence-electron chi connectivity index (χ2n) is 4.89. The maximum absolute atomic E-state index is 11.8. The van der Waals surface area contributed by atoms with Crippen molar-refractivity contribution in [2.75, 3.05) is 11.1 Å². The fourth-order valence-electron chi connectivity index (χ4n) is 2.11. The van der Waals surface area contributed by atoms with Crippen molar-refractivity contribution in [2.24, 2.45) is 0 Å². The van der Waals surface area contributed by atoms with Gasteiger partial charge in [-0.05, 0) is 38.5 Å². The number of hydrogen-bond donors (Lipinski definition) is 2. The molecule has 3 N–H and O–H groups in total. The van der Waals surface area contributed by atoms with Crippen LogP contribution in [0.1, 0.15) is 24.2 Å². The van der Waals surface area contributed by atoms with E-state index in [4.69, 9.17) is 5.73 Å². The minimum absolute atomic E-state index is 0.0237. The smallest absolute Gasteiger partial charge is 0.224 e. The lowest BCUT2D eigenvalue weighted by Gasteiger charge is -2.08. The van der Waals surface area contributed by atoms with Gasteiger partial charge in [0.25, 0.3) is 0 Å². The van der Waals surface area contributed by atoms with Crippen molar-refractivity contribution < 1.29 is 4.79 Å².